The van der Waals surface area contributed by atoms with E-state index in [4.69, 9.17) is 16.3 Å². The lowest BCUT2D eigenvalue weighted by Crippen LogP contribution is -2.30. The van der Waals surface area contributed by atoms with Gasteiger partial charge < -0.3 is 20.5 Å². The van der Waals surface area contributed by atoms with Gasteiger partial charge in [0.2, 0.25) is 0 Å². The summed E-state index contributed by atoms with van der Waals surface area (Å²) in [5.74, 6) is -0.0551. The molecule has 0 radical (unpaired) electrons. The van der Waals surface area contributed by atoms with Gasteiger partial charge in [0.05, 0.1) is 23.7 Å². The van der Waals surface area contributed by atoms with Crippen LogP contribution in [-0.2, 0) is 4.79 Å². The molecular weight excluding hydrogens is 580 g/mol. The molecule has 1 amide bonds. The van der Waals surface area contributed by atoms with E-state index in [1.165, 1.54) is 0 Å². The molecule has 0 heterocycles. The molecule has 3 N–H and O–H groups in total. The van der Waals surface area contributed by atoms with Crippen LogP contribution in [-0.4, -0.2) is 23.2 Å². The second-order valence-electron chi connectivity index (χ2n) is 9.70. The van der Waals surface area contributed by atoms with E-state index in [-0.39, 0.29) is 6.42 Å². The number of carbonyl (C=O) groups is 2. The third-order valence-corrected chi connectivity index (χ3v) is 7.74. The maximum absolute atomic E-state index is 13.6. The van der Waals surface area contributed by atoms with Crippen LogP contribution >= 0.6 is 23.4 Å². The number of carboxylic acids is 1. The Morgan fingerprint density at radius 3 is 2.26 bits per heavy atom. The summed E-state index contributed by atoms with van der Waals surface area (Å²) in [5, 5.41) is 16.3. The Balaban J connectivity index is 1.38. The van der Waals surface area contributed by atoms with Gasteiger partial charge in [-0.05, 0) is 78.0 Å². The number of hydrogen-bond donors (Lipinski definition) is 3. The summed E-state index contributed by atoms with van der Waals surface area (Å²) in [5.41, 5.74) is 4.11. The first-order chi connectivity index (χ1) is 20.9. The van der Waals surface area contributed by atoms with Gasteiger partial charge in [-0.2, -0.15) is 0 Å². The molecule has 43 heavy (non-hydrogen) atoms. The van der Waals surface area contributed by atoms with Gasteiger partial charge in [-0.15, -0.1) is 11.8 Å². The number of halogens is 1. The normalized spacial score (nSPS) is 11.4. The van der Waals surface area contributed by atoms with Gasteiger partial charge in [-0.3, -0.25) is 9.59 Å². The smallest absolute Gasteiger partial charge is 0.305 e. The van der Waals surface area contributed by atoms with Crippen molar-refractivity contribution in [1.29, 1.82) is 0 Å². The molecule has 1 atom stereocenters. The predicted molar refractivity (Wildman–Crippen MR) is 174 cm³/mol. The number of thioether (sulfide) groups is 1. The molecule has 0 aliphatic rings. The molecule has 8 heteroatoms. The Bertz CT molecular complexity index is 1710. The van der Waals surface area contributed by atoms with E-state index in [1.807, 2.05) is 109 Å². The Labute approximate surface area is 259 Å². The molecule has 0 fully saturated rings. The van der Waals surface area contributed by atoms with Crippen molar-refractivity contribution in [3.8, 4) is 22.6 Å². The fraction of sp³-hybridized carbons (Fsp3) is 0.0857. The SMILES string of the molecule is CSc1ccc(Nc2ccc(Cl)cc2C(=O)NC(CC(=O)O)c2ccc(-c3ccccc3Oc3ccccc3)cc2)cc1. The number of hydrogen-bond acceptors (Lipinski definition) is 5. The van der Waals surface area contributed by atoms with Gasteiger partial charge in [0.15, 0.2) is 0 Å². The van der Waals surface area contributed by atoms with Gasteiger partial charge in [0, 0.05) is 21.2 Å². The number of benzene rings is 5. The summed E-state index contributed by atoms with van der Waals surface area (Å²) in [6, 6.07) is 36.7. The average Bonchev–Trinajstić information content (AvgIpc) is 3.02. The molecule has 0 saturated carbocycles. The summed E-state index contributed by atoms with van der Waals surface area (Å²) < 4.78 is 6.12. The van der Waals surface area contributed by atoms with Gasteiger partial charge in [0.25, 0.3) is 5.91 Å². The van der Waals surface area contributed by atoms with Crippen molar-refractivity contribution in [2.75, 3.05) is 11.6 Å². The van der Waals surface area contributed by atoms with E-state index >= 15 is 0 Å². The van der Waals surface area contributed by atoms with Gasteiger partial charge in [0.1, 0.15) is 11.5 Å². The lowest BCUT2D eigenvalue weighted by Gasteiger charge is -2.20. The Morgan fingerprint density at radius 1 is 0.860 bits per heavy atom. The molecule has 5 aromatic carbocycles. The number of rotatable bonds is 11. The van der Waals surface area contributed by atoms with E-state index in [1.54, 1.807) is 30.0 Å². The summed E-state index contributed by atoms with van der Waals surface area (Å²) >= 11 is 7.91. The maximum atomic E-state index is 13.6. The number of nitrogens with one attached hydrogen (secondary N) is 2. The number of anilines is 2. The zero-order chi connectivity index (χ0) is 30.2. The molecular formula is C35H29ClN2O4S. The van der Waals surface area contributed by atoms with Crippen LogP contribution < -0.4 is 15.4 Å². The minimum absolute atomic E-state index is 0.293. The number of carbonyl (C=O) groups excluding carboxylic acids is 1. The highest BCUT2D eigenvalue weighted by molar-refractivity contribution is 7.98. The second kappa shape index (κ2) is 14.0. The van der Waals surface area contributed by atoms with Crippen molar-refractivity contribution in [3.05, 3.63) is 137 Å². The van der Waals surface area contributed by atoms with Crippen LogP contribution in [0.2, 0.25) is 5.02 Å². The summed E-state index contributed by atoms with van der Waals surface area (Å²) in [7, 11) is 0. The molecule has 0 aliphatic carbocycles. The molecule has 0 bridgehead atoms. The zero-order valence-corrected chi connectivity index (χ0v) is 24.9. The average molecular weight is 609 g/mol. The van der Waals surface area contributed by atoms with Crippen LogP contribution in [0.1, 0.15) is 28.4 Å². The fourth-order valence-corrected chi connectivity index (χ4v) is 5.19. The third-order valence-electron chi connectivity index (χ3n) is 6.76. The first kappa shape index (κ1) is 29.8. The lowest BCUT2D eigenvalue weighted by atomic mass is 9.98. The zero-order valence-electron chi connectivity index (χ0n) is 23.3. The summed E-state index contributed by atoms with van der Waals surface area (Å²) in [4.78, 5) is 26.5. The van der Waals surface area contributed by atoms with Gasteiger partial charge >= 0.3 is 5.97 Å². The van der Waals surface area contributed by atoms with Crippen LogP contribution in [0.3, 0.4) is 0 Å². The summed E-state index contributed by atoms with van der Waals surface area (Å²) in [6.45, 7) is 0. The molecule has 6 nitrogen and oxygen atoms in total. The van der Waals surface area contributed by atoms with Gasteiger partial charge in [-0.1, -0.05) is 72.3 Å². The largest absolute Gasteiger partial charge is 0.481 e. The first-order valence-corrected chi connectivity index (χ1v) is 15.2. The van der Waals surface area contributed by atoms with Crippen molar-refractivity contribution >= 4 is 46.6 Å². The van der Waals surface area contributed by atoms with Crippen LogP contribution in [0, 0.1) is 0 Å². The highest BCUT2D eigenvalue weighted by atomic mass is 35.5. The lowest BCUT2D eigenvalue weighted by molar-refractivity contribution is -0.137. The molecule has 0 saturated heterocycles. The van der Waals surface area contributed by atoms with Crippen molar-refractivity contribution in [2.45, 2.75) is 17.4 Å². The Hall–Kier alpha value is -4.72. The molecule has 0 spiro atoms. The van der Waals surface area contributed by atoms with Crippen LogP contribution in [0.4, 0.5) is 11.4 Å². The van der Waals surface area contributed by atoms with Crippen LogP contribution in [0.25, 0.3) is 11.1 Å². The van der Waals surface area contributed by atoms with E-state index in [9.17, 15) is 14.7 Å². The maximum Gasteiger partial charge on any atom is 0.305 e. The van der Waals surface area contributed by atoms with E-state index < -0.39 is 17.9 Å². The van der Waals surface area contributed by atoms with Gasteiger partial charge in [-0.25, -0.2) is 0 Å². The highest BCUT2D eigenvalue weighted by Gasteiger charge is 2.21. The van der Waals surface area contributed by atoms with Crippen molar-refractivity contribution < 1.29 is 19.4 Å². The number of para-hydroxylation sites is 2. The molecule has 0 aliphatic heterocycles. The molecule has 0 aromatic heterocycles. The standard InChI is InChI=1S/C35H29ClN2O4S/c1-43-28-18-16-26(17-19-28)37-31-20-15-25(36)21-30(31)35(41)38-32(22-34(39)40)24-13-11-23(12-14-24)29-9-5-6-10-33(29)42-27-7-3-2-4-8-27/h2-21,32,37H,22H2,1H3,(H,38,41)(H,39,40). The van der Waals surface area contributed by atoms with Crippen LogP contribution in [0.5, 0.6) is 11.5 Å². The minimum Gasteiger partial charge on any atom is -0.481 e. The summed E-state index contributed by atoms with van der Waals surface area (Å²) in [6.07, 6.45) is 1.71. The fourth-order valence-electron chi connectivity index (χ4n) is 4.61. The molecule has 5 aromatic rings. The minimum atomic E-state index is -1.03. The quantitative estimate of drug-likeness (QED) is 0.130. The van der Waals surface area contributed by atoms with Crippen LogP contribution in [0.15, 0.2) is 126 Å². The number of ether oxygens (including phenoxy) is 1. The third kappa shape index (κ3) is 7.77. The highest BCUT2D eigenvalue weighted by Crippen LogP contribution is 2.34. The topological polar surface area (TPSA) is 87.7 Å². The van der Waals surface area contributed by atoms with Crippen molar-refractivity contribution in [3.63, 3.8) is 0 Å². The number of aliphatic carboxylic acids is 1. The predicted octanol–water partition coefficient (Wildman–Crippen LogP) is 9.21. The van der Waals surface area contributed by atoms with Crippen molar-refractivity contribution in [2.24, 2.45) is 0 Å². The Kier molecular flexibility index (Phi) is 9.66. The molecule has 1 unspecified atom stereocenters. The number of carboxylic acid groups (broad SMARTS) is 1. The van der Waals surface area contributed by atoms with E-state index in [0.29, 0.717) is 27.6 Å². The second-order valence-corrected chi connectivity index (χ2v) is 11.0. The monoisotopic (exact) mass is 608 g/mol. The molecule has 216 valence electrons. The Morgan fingerprint density at radius 2 is 1.56 bits per heavy atom. The molecule has 5 rings (SSSR count). The number of amides is 1. The van der Waals surface area contributed by atoms with E-state index in [0.717, 1.165) is 27.5 Å². The van der Waals surface area contributed by atoms with E-state index in [2.05, 4.69) is 10.6 Å². The first-order valence-electron chi connectivity index (χ1n) is 13.5. The van der Waals surface area contributed by atoms with Crippen molar-refractivity contribution in [1.82, 2.24) is 5.32 Å².